The molecule has 8 aromatic rings. The molecule has 4 aromatic carbocycles. The van der Waals surface area contributed by atoms with E-state index in [1.54, 1.807) is 53.5 Å². The van der Waals surface area contributed by atoms with Gasteiger partial charge in [0.2, 0.25) is 0 Å². The van der Waals surface area contributed by atoms with E-state index < -0.39 is 42.8 Å². The van der Waals surface area contributed by atoms with E-state index in [1.165, 1.54) is 30.3 Å². The number of para-hydroxylation sites is 2. The molecule has 3 unspecified atom stereocenters. The maximum absolute atomic E-state index is 13.9. The molecule has 5 heterocycles. The van der Waals surface area contributed by atoms with Crippen LogP contribution in [0, 0.1) is 11.6 Å². The van der Waals surface area contributed by atoms with Crippen molar-refractivity contribution in [3.63, 3.8) is 0 Å². The normalized spacial score (nSPS) is 15.7. The minimum Gasteiger partial charge on any atom is -0.481 e. The first-order chi connectivity index (χ1) is 38.2. The molecule has 0 spiro atoms. The minimum atomic E-state index is -1.18. The number of aliphatic hydroxyl groups excluding tert-OH is 3. The Morgan fingerprint density at radius 1 is 0.713 bits per heavy atom. The number of carboxylic acid groups (broad SMARTS) is 1. The van der Waals surface area contributed by atoms with Gasteiger partial charge in [0.05, 0.1) is 65.3 Å². The summed E-state index contributed by atoms with van der Waals surface area (Å²) in [6.07, 6.45) is 8.26. The summed E-state index contributed by atoms with van der Waals surface area (Å²) in [5.74, 6) is -0.803. The monoisotopic (exact) mass is 1110 g/mol. The van der Waals surface area contributed by atoms with E-state index in [0.717, 1.165) is 74.9 Å². The predicted octanol–water partition coefficient (Wildman–Crippen LogP) is 12.0. The number of ether oxygens (including phenoxy) is 1. The molecule has 80 heavy (non-hydrogen) atoms. The molecule has 15 nitrogen and oxygen atoms in total. The van der Waals surface area contributed by atoms with E-state index in [9.17, 15) is 33.7 Å². The molecule has 1 aliphatic rings. The number of carbonyl (C=O) groups excluding carboxylic acids is 1. The number of carboxylic acids is 1. The van der Waals surface area contributed by atoms with Gasteiger partial charge in [-0.2, -0.15) is 10.2 Å². The number of aliphatic carboxylic acids is 1. The number of nitrogens with one attached hydrogen (secondary N) is 2. The van der Waals surface area contributed by atoms with Crippen molar-refractivity contribution in [1.82, 2.24) is 29.5 Å². The number of hydrogen-bond donors (Lipinski definition) is 6. The quantitative estimate of drug-likeness (QED) is 0.0310. The maximum Gasteiger partial charge on any atom is 2.00 e. The Labute approximate surface area is 493 Å². The number of aromatic nitrogens is 6. The van der Waals surface area contributed by atoms with Gasteiger partial charge in [0, 0.05) is 82.8 Å². The van der Waals surface area contributed by atoms with Crippen molar-refractivity contribution in [3.8, 4) is 33.9 Å². The molecule has 9 rings (SSSR count). The maximum atomic E-state index is 13.9. The Morgan fingerprint density at radius 2 is 1.18 bits per heavy atom. The molecular weight excluding hydrogens is 1050 g/mol. The van der Waals surface area contributed by atoms with Crippen LogP contribution in [-0.4, -0.2) is 124 Å². The summed E-state index contributed by atoms with van der Waals surface area (Å²) < 4.78 is 36.9. The number of pyridine rings is 2. The van der Waals surface area contributed by atoms with Gasteiger partial charge >= 0.3 is 49.7 Å². The van der Waals surface area contributed by atoms with Gasteiger partial charge in [-0.05, 0) is 104 Å². The molecule has 4 aromatic heterocycles. The van der Waals surface area contributed by atoms with Crippen molar-refractivity contribution < 1.29 is 43.5 Å². The molecule has 1 saturated heterocycles. The Hall–Kier alpha value is -7.38. The Balaban J connectivity index is 0.000000228. The number of esters is 1. The molecule has 0 radical (unpaired) electrons. The predicted molar refractivity (Wildman–Crippen MR) is 308 cm³/mol. The number of halogens is 2. The van der Waals surface area contributed by atoms with Crippen LogP contribution in [-0.2, 0) is 14.3 Å². The molecule has 6 N–H and O–H groups in total. The number of rotatable bonds is 20. The number of nitrogens with zero attached hydrogens (tertiary/aromatic N) is 6. The molecule has 0 saturated carbocycles. The van der Waals surface area contributed by atoms with Crippen molar-refractivity contribution in [2.75, 3.05) is 10.6 Å². The zero-order chi connectivity index (χ0) is 56.0. The summed E-state index contributed by atoms with van der Waals surface area (Å²) in [6.45, 7) is 8.32. The number of anilines is 4. The van der Waals surface area contributed by atoms with Crippen molar-refractivity contribution in [2.24, 2.45) is 0 Å². The Bertz CT molecular complexity index is 3380. The summed E-state index contributed by atoms with van der Waals surface area (Å²) in [7, 11) is 0. The van der Waals surface area contributed by atoms with Gasteiger partial charge in [-0.15, -0.1) is 0 Å². The number of aliphatic hydroxyl groups is 3. The van der Waals surface area contributed by atoms with Crippen LogP contribution in [0.2, 0.25) is 0 Å². The smallest absolute Gasteiger partial charge is 0.481 e. The van der Waals surface area contributed by atoms with E-state index in [2.05, 4.69) is 48.3 Å². The van der Waals surface area contributed by atoms with Crippen molar-refractivity contribution in [1.29, 1.82) is 0 Å². The van der Waals surface area contributed by atoms with Gasteiger partial charge in [0.15, 0.2) is 0 Å². The van der Waals surface area contributed by atoms with Gasteiger partial charge in [0.1, 0.15) is 29.4 Å². The first kappa shape index (κ1) is 60.3. The average molecular weight is 1110 g/mol. The minimum absolute atomic E-state index is 0. The average Bonchev–Trinajstić information content (AvgIpc) is 4.18. The second-order valence-corrected chi connectivity index (χ2v) is 19.4. The van der Waals surface area contributed by atoms with Crippen LogP contribution in [0.15, 0.2) is 158 Å². The Kier molecular flexibility index (Phi) is 21.6. The van der Waals surface area contributed by atoms with E-state index >= 15 is 0 Å². The van der Waals surface area contributed by atoms with E-state index in [4.69, 9.17) is 20.0 Å². The zero-order valence-electron chi connectivity index (χ0n) is 45.0. The third-order valence-corrected chi connectivity index (χ3v) is 13.4. The number of cyclic esters (lactones) is 1. The third-order valence-electron chi connectivity index (χ3n) is 13.4. The Morgan fingerprint density at radius 3 is 1.61 bits per heavy atom. The number of carbonyl (C=O) groups is 2. The van der Waals surface area contributed by atoms with Crippen molar-refractivity contribution in [3.05, 3.63) is 192 Å². The summed E-state index contributed by atoms with van der Waals surface area (Å²) in [6, 6.07) is 39.4. The third kappa shape index (κ3) is 15.9. The van der Waals surface area contributed by atoms with Crippen LogP contribution in [0.3, 0.4) is 0 Å². The van der Waals surface area contributed by atoms with E-state index in [-0.39, 0.29) is 74.1 Å². The van der Waals surface area contributed by atoms with Gasteiger partial charge in [-0.1, -0.05) is 82.3 Å². The van der Waals surface area contributed by atoms with Crippen LogP contribution < -0.4 is 10.6 Å². The number of benzene rings is 4. The summed E-state index contributed by atoms with van der Waals surface area (Å²) >= 11 is 0. The number of hydrogen-bond acceptors (Lipinski definition) is 12. The molecule has 0 amide bonds. The topological polar surface area (TPSA) is 210 Å². The second kappa shape index (κ2) is 28.7. The van der Waals surface area contributed by atoms with Gasteiger partial charge in [0.25, 0.3) is 0 Å². The van der Waals surface area contributed by atoms with Crippen molar-refractivity contribution >= 4 is 84.8 Å². The SMILES string of the molecule is CCC(C)c1nn(-c2ccnc(Nc3ccccc3)c2)c(-c2ccc(F)cc2)c1/C=C/[C@@H](O)C[C@@H](O)CC(=O)O.CCC(C)c1nn(-c2ccnc(Nc3ccccc3)c2)c(-c2ccc(F)cc2)c1/C=C/[C@@H]1CC(O)CC(=O)O1.[Ca+2]. The summed E-state index contributed by atoms with van der Waals surface area (Å²) in [5, 5.41) is 56.2. The van der Waals surface area contributed by atoms with Crippen LogP contribution >= 0.6 is 0 Å². The second-order valence-electron chi connectivity index (χ2n) is 19.4. The molecular formula is C62H64CaF2N8O7+2. The fourth-order valence-corrected chi connectivity index (χ4v) is 9.04. The van der Waals surface area contributed by atoms with E-state index in [0.29, 0.717) is 23.8 Å². The summed E-state index contributed by atoms with van der Waals surface area (Å²) in [4.78, 5) is 31.7. The van der Waals surface area contributed by atoms with Gasteiger partial charge in [-0.3, -0.25) is 9.59 Å². The molecule has 1 fully saturated rings. The summed E-state index contributed by atoms with van der Waals surface area (Å²) in [5.41, 5.74) is 9.53. The van der Waals surface area contributed by atoms with Crippen LogP contribution in [0.1, 0.15) is 101 Å². The van der Waals surface area contributed by atoms with Crippen molar-refractivity contribution in [2.45, 2.75) is 102 Å². The molecule has 1 aliphatic heterocycles. The first-order valence-corrected chi connectivity index (χ1v) is 26.3. The molecule has 408 valence electrons. The first-order valence-electron chi connectivity index (χ1n) is 26.3. The fourth-order valence-electron chi connectivity index (χ4n) is 9.04. The van der Waals surface area contributed by atoms with E-state index in [1.807, 2.05) is 95.7 Å². The van der Waals surface area contributed by atoms with Crippen LogP contribution in [0.4, 0.5) is 31.8 Å². The molecule has 18 heteroatoms. The molecule has 0 bridgehead atoms. The fraction of sp³-hybridized carbons (Fsp3) is 0.258. The molecule has 0 aliphatic carbocycles. The van der Waals surface area contributed by atoms with Crippen LogP contribution in [0.25, 0.3) is 46.0 Å². The standard InChI is InChI=1S/C31H33FN4O4.C31H31FN4O3.Ca/c1-3-20(2)30-27(14-13-25(37)18-26(38)19-29(39)40)31(21-9-11-22(32)12-10-21)36(35-30)24-15-16-33-28(17-24)34-23-7-5-4-6-8-23;1-3-20(2)30-27(14-13-26-18-25(37)19-29(38)39-26)31(21-9-11-22(32)12-10-21)36(35-30)24-15-16-33-28(17-24)34-23-7-5-4-6-8-23;/h4-17,20,25-26,37-38H,3,18-19H2,1-2H3,(H,33,34)(H,39,40);4-17,20,25-26,37H,3,18-19H2,1-2H3,(H,33,34);/q;;+2/b2*14-13+;/t20?,25-,26-;20?,25?,26-;/m11./s1. The largest absolute Gasteiger partial charge is 2.00 e. The van der Waals surface area contributed by atoms with Gasteiger partial charge in [-0.25, -0.2) is 28.1 Å². The van der Waals surface area contributed by atoms with Gasteiger partial charge < -0.3 is 35.8 Å². The van der Waals surface area contributed by atoms with Crippen LogP contribution in [0.5, 0.6) is 0 Å². The molecule has 6 atom stereocenters. The zero-order valence-corrected chi connectivity index (χ0v) is 47.2.